The van der Waals surface area contributed by atoms with Crippen LogP contribution in [0.15, 0.2) is 37.0 Å². The highest BCUT2D eigenvalue weighted by Crippen LogP contribution is 2.26. The summed E-state index contributed by atoms with van der Waals surface area (Å²) in [5.41, 5.74) is 1.04. The van der Waals surface area contributed by atoms with Crippen LogP contribution in [0.4, 0.5) is 0 Å². The first-order chi connectivity index (χ1) is 6.31. The van der Waals surface area contributed by atoms with E-state index in [-0.39, 0.29) is 0 Å². The highest BCUT2D eigenvalue weighted by atomic mass is 16.1. The van der Waals surface area contributed by atoms with Crippen molar-refractivity contribution in [1.29, 1.82) is 0 Å². The molecule has 1 aliphatic rings. The molecular formula is C11H15NO. The maximum Gasteiger partial charge on any atom is 0.210 e. The second-order valence-corrected chi connectivity index (χ2v) is 3.19. The summed E-state index contributed by atoms with van der Waals surface area (Å²) in [4.78, 5) is 12.5. The van der Waals surface area contributed by atoms with Crippen LogP contribution in [0.25, 0.3) is 0 Å². The van der Waals surface area contributed by atoms with Crippen molar-refractivity contribution in [2.75, 3.05) is 6.54 Å². The average Bonchev–Trinajstić information content (AvgIpc) is 2.95. The van der Waals surface area contributed by atoms with Gasteiger partial charge in [-0.2, -0.15) is 0 Å². The molecule has 1 aliphatic carbocycles. The molecule has 0 saturated heterocycles. The zero-order chi connectivity index (χ0) is 9.68. The second kappa shape index (κ2) is 4.65. The Bertz CT molecular complexity index is 238. The molecule has 70 valence electrons. The number of rotatable bonds is 6. The highest BCUT2D eigenvalue weighted by molar-refractivity contribution is 5.50. The maximum absolute atomic E-state index is 10.7. The lowest BCUT2D eigenvalue weighted by Crippen LogP contribution is -2.26. The monoisotopic (exact) mass is 177 g/mol. The molecule has 0 spiro atoms. The lowest BCUT2D eigenvalue weighted by molar-refractivity contribution is -0.118. The van der Waals surface area contributed by atoms with Crippen molar-refractivity contribution in [3.05, 3.63) is 37.0 Å². The molecule has 13 heavy (non-hydrogen) atoms. The number of hydrogen-bond donors (Lipinski definition) is 0. The summed E-state index contributed by atoms with van der Waals surface area (Å²) in [5.74, 6) is 0. The molecule has 0 bridgehead atoms. The van der Waals surface area contributed by atoms with Gasteiger partial charge in [0.1, 0.15) is 0 Å². The molecule has 0 aromatic rings. The van der Waals surface area contributed by atoms with Crippen LogP contribution in [0.3, 0.4) is 0 Å². The van der Waals surface area contributed by atoms with Crippen LogP contribution in [0.2, 0.25) is 0 Å². The zero-order valence-corrected chi connectivity index (χ0v) is 7.78. The van der Waals surface area contributed by atoms with Gasteiger partial charge in [0.25, 0.3) is 0 Å². The molecule has 0 N–H and O–H groups in total. The Hall–Kier alpha value is -1.31. The molecule has 0 aromatic carbocycles. The van der Waals surface area contributed by atoms with Crippen molar-refractivity contribution >= 4 is 6.41 Å². The van der Waals surface area contributed by atoms with E-state index in [1.54, 1.807) is 12.2 Å². The largest absolute Gasteiger partial charge is 0.338 e. The van der Waals surface area contributed by atoms with Crippen LogP contribution in [-0.4, -0.2) is 23.9 Å². The lowest BCUT2D eigenvalue weighted by Gasteiger charge is -2.16. The topological polar surface area (TPSA) is 20.3 Å². The van der Waals surface area contributed by atoms with E-state index in [0.717, 1.165) is 24.8 Å². The van der Waals surface area contributed by atoms with Gasteiger partial charge in [0.2, 0.25) is 6.41 Å². The highest BCUT2D eigenvalue weighted by Gasteiger charge is 2.27. The van der Waals surface area contributed by atoms with E-state index < -0.39 is 0 Å². The third-order valence-electron chi connectivity index (χ3n) is 2.11. The Morgan fingerprint density at radius 2 is 2.15 bits per heavy atom. The molecule has 0 heterocycles. The number of carbonyl (C=O) groups excluding carboxylic acids is 1. The van der Waals surface area contributed by atoms with Gasteiger partial charge in [-0.25, -0.2) is 0 Å². The summed E-state index contributed by atoms with van der Waals surface area (Å²) in [5, 5.41) is 0. The quantitative estimate of drug-likeness (QED) is 0.448. The van der Waals surface area contributed by atoms with E-state index in [0.29, 0.717) is 12.6 Å². The molecule has 2 nitrogen and oxygen atoms in total. The van der Waals surface area contributed by atoms with Gasteiger partial charge in [0.15, 0.2) is 0 Å². The first kappa shape index (κ1) is 9.78. The predicted octanol–water partition coefficient (Wildman–Crippen LogP) is 1.91. The van der Waals surface area contributed by atoms with Crippen molar-refractivity contribution in [2.24, 2.45) is 0 Å². The fraction of sp³-hybridized carbons (Fsp3) is 0.364. The van der Waals surface area contributed by atoms with Crippen LogP contribution in [0.1, 0.15) is 12.8 Å². The van der Waals surface area contributed by atoms with Crippen LogP contribution in [0, 0.1) is 0 Å². The number of carbonyl (C=O) groups is 1. The van der Waals surface area contributed by atoms with Gasteiger partial charge in [-0.1, -0.05) is 31.4 Å². The fourth-order valence-corrected chi connectivity index (χ4v) is 1.21. The Kier molecular flexibility index (Phi) is 3.50. The molecule has 0 aromatic heterocycles. The van der Waals surface area contributed by atoms with E-state index in [1.165, 1.54) is 0 Å². The molecule has 0 atom stereocenters. The Morgan fingerprint density at radius 1 is 1.46 bits per heavy atom. The van der Waals surface area contributed by atoms with Crippen LogP contribution >= 0.6 is 0 Å². The maximum atomic E-state index is 10.7. The van der Waals surface area contributed by atoms with E-state index >= 15 is 0 Å². The van der Waals surface area contributed by atoms with Gasteiger partial charge in [0.05, 0.1) is 0 Å². The van der Waals surface area contributed by atoms with E-state index in [1.807, 2.05) is 11.0 Å². The van der Waals surface area contributed by atoms with Crippen molar-refractivity contribution in [3.8, 4) is 0 Å². The molecule has 0 aliphatic heterocycles. The van der Waals surface area contributed by atoms with Crippen LogP contribution in [0.5, 0.6) is 0 Å². The minimum absolute atomic E-state index is 0.464. The van der Waals surface area contributed by atoms with Gasteiger partial charge < -0.3 is 4.90 Å². The van der Waals surface area contributed by atoms with Crippen molar-refractivity contribution in [1.82, 2.24) is 4.90 Å². The average molecular weight is 177 g/mol. The molecule has 1 saturated carbocycles. The lowest BCUT2D eigenvalue weighted by atomic mass is 10.2. The summed E-state index contributed by atoms with van der Waals surface area (Å²) in [7, 11) is 0. The van der Waals surface area contributed by atoms with Crippen molar-refractivity contribution in [2.45, 2.75) is 18.9 Å². The summed E-state index contributed by atoms with van der Waals surface area (Å²) < 4.78 is 0. The number of amides is 1. The minimum Gasteiger partial charge on any atom is -0.338 e. The van der Waals surface area contributed by atoms with Crippen molar-refractivity contribution in [3.63, 3.8) is 0 Å². The van der Waals surface area contributed by atoms with Gasteiger partial charge in [-0.15, -0.1) is 0 Å². The zero-order valence-electron chi connectivity index (χ0n) is 7.78. The van der Waals surface area contributed by atoms with Crippen LogP contribution < -0.4 is 0 Å². The predicted molar refractivity (Wildman–Crippen MR) is 54.3 cm³/mol. The molecule has 0 unspecified atom stereocenters. The fourth-order valence-electron chi connectivity index (χ4n) is 1.21. The first-order valence-electron chi connectivity index (χ1n) is 4.47. The smallest absolute Gasteiger partial charge is 0.210 e. The Labute approximate surface area is 79.2 Å². The summed E-state index contributed by atoms with van der Waals surface area (Å²) in [6, 6.07) is 0.464. The van der Waals surface area contributed by atoms with Crippen molar-refractivity contribution < 1.29 is 4.79 Å². The van der Waals surface area contributed by atoms with Gasteiger partial charge in [0, 0.05) is 12.6 Å². The summed E-state index contributed by atoms with van der Waals surface area (Å²) >= 11 is 0. The number of nitrogens with zero attached hydrogens (tertiary/aromatic N) is 1. The normalized spacial score (nSPS) is 16.5. The number of allylic oxidation sites excluding steroid dienone is 2. The summed E-state index contributed by atoms with van der Waals surface area (Å²) in [6.45, 7) is 7.96. The molecule has 1 rings (SSSR count). The number of hydrogen-bond acceptors (Lipinski definition) is 1. The minimum atomic E-state index is 0.464. The van der Waals surface area contributed by atoms with Gasteiger partial charge in [-0.05, 0) is 18.4 Å². The first-order valence-corrected chi connectivity index (χ1v) is 4.47. The van der Waals surface area contributed by atoms with Gasteiger partial charge >= 0.3 is 0 Å². The Balaban J connectivity index is 2.51. The third kappa shape index (κ3) is 2.90. The standard InChI is InChI=1S/C11H15NO/c1-3-5-10(4-2)8-12(9-13)11-6-7-11/h3-5,9,11H,1-2,6-8H2/b10-5+. The van der Waals surface area contributed by atoms with E-state index in [9.17, 15) is 4.79 Å². The molecule has 1 fully saturated rings. The Morgan fingerprint density at radius 3 is 2.54 bits per heavy atom. The third-order valence-corrected chi connectivity index (χ3v) is 2.11. The molecular weight excluding hydrogens is 162 g/mol. The molecule has 1 amide bonds. The molecule has 0 radical (unpaired) electrons. The molecule has 2 heteroatoms. The van der Waals surface area contributed by atoms with Crippen LogP contribution in [-0.2, 0) is 4.79 Å². The second-order valence-electron chi connectivity index (χ2n) is 3.19. The van der Waals surface area contributed by atoms with E-state index in [2.05, 4.69) is 13.2 Å². The van der Waals surface area contributed by atoms with Gasteiger partial charge in [-0.3, -0.25) is 4.79 Å². The SMILES string of the molecule is C=C/C=C(\C=C)CN(C=O)C1CC1. The van der Waals surface area contributed by atoms with E-state index in [4.69, 9.17) is 0 Å². The summed E-state index contributed by atoms with van der Waals surface area (Å²) in [6.07, 6.45) is 8.55.